The van der Waals surface area contributed by atoms with E-state index in [1.807, 2.05) is 37.3 Å². The molecule has 5 nitrogen and oxygen atoms in total. The lowest BCUT2D eigenvalue weighted by atomic mass is 10.0. The van der Waals surface area contributed by atoms with Gasteiger partial charge in [0.25, 0.3) is 0 Å². The van der Waals surface area contributed by atoms with Gasteiger partial charge in [-0.25, -0.2) is 9.78 Å². The number of hydrogen-bond acceptors (Lipinski definition) is 3. The van der Waals surface area contributed by atoms with Crippen LogP contribution in [0.1, 0.15) is 6.92 Å². The summed E-state index contributed by atoms with van der Waals surface area (Å²) >= 11 is 12.4. The molecule has 0 amide bonds. The van der Waals surface area contributed by atoms with E-state index in [1.165, 1.54) is 15.4 Å². The van der Waals surface area contributed by atoms with E-state index in [4.69, 9.17) is 23.2 Å². The number of rotatable bonds is 3. The molecule has 0 aliphatic carbocycles. The lowest BCUT2D eigenvalue weighted by Gasteiger charge is -2.05. The summed E-state index contributed by atoms with van der Waals surface area (Å²) in [7, 11) is 0. The smallest absolute Gasteiger partial charge is 0.283 e. The first-order valence-electron chi connectivity index (χ1n) is 8.09. The lowest BCUT2D eigenvalue weighted by molar-refractivity contribution is 0.646. The highest BCUT2D eigenvalue weighted by molar-refractivity contribution is 6.33. The van der Waals surface area contributed by atoms with Crippen LogP contribution in [0.15, 0.2) is 59.7 Å². The van der Waals surface area contributed by atoms with Crippen LogP contribution in [-0.4, -0.2) is 19.2 Å². The summed E-state index contributed by atoms with van der Waals surface area (Å²) in [5, 5.41) is 5.74. The maximum absolute atomic E-state index is 12.7. The van der Waals surface area contributed by atoms with Crippen LogP contribution < -0.4 is 5.69 Å². The van der Waals surface area contributed by atoms with Crippen LogP contribution in [0.5, 0.6) is 0 Å². The molecule has 0 atom stereocenters. The zero-order valence-corrected chi connectivity index (χ0v) is 15.4. The van der Waals surface area contributed by atoms with E-state index >= 15 is 0 Å². The van der Waals surface area contributed by atoms with Gasteiger partial charge in [-0.3, -0.25) is 4.57 Å². The zero-order chi connectivity index (χ0) is 18.3. The third kappa shape index (κ3) is 2.69. The minimum atomic E-state index is -0.244. The number of aromatic nitrogens is 4. The molecule has 0 bridgehead atoms. The van der Waals surface area contributed by atoms with Crippen LogP contribution >= 0.6 is 23.2 Å². The van der Waals surface area contributed by atoms with Gasteiger partial charge in [0.05, 0.1) is 10.6 Å². The maximum atomic E-state index is 12.7. The molecular formula is C19H14Cl2N4O. The largest absolute Gasteiger partial charge is 0.351 e. The van der Waals surface area contributed by atoms with Gasteiger partial charge in [0.15, 0.2) is 5.65 Å². The Balaban J connectivity index is 2.11. The molecule has 0 saturated heterocycles. The average Bonchev–Trinajstić information content (AvgIpc) is 3.03. The van der Waals surface area contributed by atoms with Gasteiger partial charge >= 0.3 is 5.69 Å². The van der Waals surface area contributed by atoms with Crippen LogP contribution in [0.2, 0.25) is 10.0 Å². The molecule has 0 unspecified atom stereocenters. The Morgan fingerprint density at radius 1 is 1.04 bits per heavy atom. The van der Waals surface area contributed by atoms with Crippen LogP contribution in [-0.2, 0) is 6.54 Å². The van der Waals surface area contributed by atoms with Crippen molar-refractivity contribution in [3.8, 4) is 22.4 Å². The Hall–Kier alpha value is -2.63. The first kappa shape index (κ1) is 16.8. The number of hydrogen-bond donors (Lipinski definition) is 0. The van der Waals surface area contributed by atoms with Gasteiger partial charge in [-0.1, -0.05) is 53.5 Å². The van der Waals surface area contributed by atoms with Crippen LogP contribution in [0.4, 0.5) is 0 Å². The molecular weight excluding hydrogens is 371 g/mol. The van der Waals surface area contributed by atoms with E-state index in [2.05, 4.69) is 10.1 Å². The highest BCUT2D eigenvalue weighted by Gasteiger charge is 2.21. The molecule has 2 aromatic carbocycles. The SMILES string of the molecule is CCn1cnc2c(-c3ccc(Cl)cc3)c(-c3ccccc3Cl)nn2c1=O. The second-order valence-corrected chi connectivity index (χ2v) is 6.60. The molecule has 26 heavy (non-hydrogen) atoms. The van der Waals surface area contributed by atoms with Crippen molar-refractivity contribution in [2.45, 2.75) is 13.5 Å². The predicted octanol–water partition coefficient (Wildman–Crippen LogP) is 4.55. The van der Waals surface area contributed by atoms with Crippen molar-refractivity contribution in [3.05, 3.63) is 75.4 Å². The summed E-state index contributed by atoms with van der Waals surface area (Å²) in [4.78, 5) is 17.2. The topological polar surface area (TPSA) is 52.2 Å². The maximum Gasteiger partial charge on any atom is 0.351 e. The first-order valence-corrected chi connectivity index (χ1v) is 8.84. The van der Waals surface area contributed by atoms with Crippen LogP contribution in [0.3, 0.4) is 0 Å². The average molecular weight is 385 g/mol. The third-order valence-electron chi connectivity index (χ3n) is 4.21. The van der Waals surface area contributed by atoms with E-state index in [9.17, 15) is 4.79 Å². The molecule has 7 heteroatoms. The van der Waals surface area contributed by atoms with Crippen molar-refractivity contribution in [2.24, 2.45) is 0 Å². The molecule has 130 valence electrons. The third-order valence-corrected chi connectivity index (χ3v) is 4.79. The van der Waals surface area contributed by atoms with Gasteiger partial charge in [-0.05, 0) is 30.7 Å². The fraction of sp³-hybridized carbons (Fsp3) is 0.105. The highest BCUT2D eigenvalue weighted by Crippen LogP contribution is 2.37. The van der Waals surface area contributed by atoms with Crippen molar-refractivity contribution >= 4 is 28.8 Å². The molecule has 0 aliphatic rings. The quantitative estimate of drug-likeness (QED) is 0.520. The van der Waals surface area contributed by atoms with Gasteiger partial charge in [-0.2, -0.15) is 9.61 Å². The van der Waals surface area contributed by atoms with Gasteiger partial charge in [0.2, 0.25) is 0 Å². The molecule has 0 saturated carbocycles. The summed E-state index contributed by atoms with van der Waals surface area (Å²) in [6.07, 6.45) is 1.54. The molecule has 0 aliphatic heterocycles. The van der Waals surface area contributed by atoms with E-state index in [1.54, 1.807) is 18.2 Å². The van der Waals surface area contributed by atoms with Gasteiger partial charge in [-0.15, -0.1) is 0 Å². The standard InChI is InChI=1S/C19H14Cl2N4O/c1-2-24-11-22-18-16(12-7-9-13(20)10-8-12)17(23-25(18)19(24)26)14-5-3-4-6-15(14)21/h3-11H,2H2,1H3. The van der Waals surface area contributed by atoms with Gasteiger partial charge < -0.3 is 0 Å². The minimum Gasteiger partial charge on any atom is -0.283 e. The van der Waals surface area contributed by atoms with Crippen LogP contribution in [0.25, 0.3) is 28.0 Å². The molecule has 4 aromatic rings. The Morgan fingerprint density at radius 2 is 1.77 bits per heavy atom. The minimum absolute atomic E-state index is 0.244. The Kier molecular flexibility index (Phi) is 4.26. The number of halogens is 2. The molecule has 2 heterocycles. The summed E-state index contributed by atoms with van der Waals surface area (Å²) in [5.41, 5.74) is 3.20. The van der Waals surface area contributed by atoms with E-state index < -0.39 is 0 Å². The van der Waals surface area contributed by atoms with Crippen LogP contribution in [0, 0.1) is 0 Å². The normalized spacial score (nSPS) is 11.2. The van der Waals surface area contributed by atoms with Crippen molar-refractivity contribution in [1.29, 1.82) is 0 Å². The second-order valence-electron chi connectivity index (χ2n) is 5.76. The number of nitrogens with zero attached hydrogens (tertiary/aromatic N) is 4. The van der Waals surface area contributed by atoms with Gasteiger partial charge in [0.1, 0.15) is 12.0 Å². The van der Waals surface area contributed by atoms with Gasteiger partial charge in [0, 0.05) is 17.1 Å². The molecule has 0 fully saturated rings. The Labute approximate surface area is 159 Å². The number of fused-ring (bicyclic) bond motifs is 1. The van der Waals surface area contributed by atoms with Crippen molar-refractivity contribution in [3.63, 3.8) is 0 Å². The molecule has 0 spiro atoms. The molecule has 0 radical (unpaired) electrons. The molecule has 0 N–H and O–H groups in total. The highest BCUT2D eigenvalue weighted by atomic mass is 35.5. The summed E-state index contributed by atoms with van der Waals surface area (Å²) in [5.74, 6) is 0. The monoisotopic (exact) mass is 384 g/mol. The zero-order valence-electron chi connectivity index (χ0n) is 13.9. The van der Waals surface area contributed by atoms with E-state index in [0.29, 0.717) is 27.9 Å². The fourth-order valence-electron chi connectivity index (χ4n) is 2.90. The molecule has 4 rings (SSSR count). The predicted molar refractivity (Wildman–Crippen MR) is 104 cm³/mol. The number of benzene rings is 2. The summed E-state index contributed by atoms with van der Waals surface area (Å²) in [6.45, 7) is 2.40. The van der Waals surface area contributed by atoms with Crippen molar-refractivity contribution < 1.29 is 0 Å². The van der Waals surface area contributed by atoms with Crippen molar-refractivity contribution in [1.82, 2.24) is 19.2 Å². The lowest BCUT2D eigenvalue weighted by Crippen LogP contribution is -2.27. The van der Waals surface area contributed by atoms with E-state index in [0.717, 1.165) is 16.7 Å². The second kappa shape index (κ2) is 6.59. The number of aryl methyl sites for hydroxylation is 1. The molecule has 2 aromatic heterocycles. The van der Waals surface area contributed by atoms with Crippen molar-refractivity contribution in [2.75, 3.05) is 0 Å². The fourth-order valence-corrected chi connectivity index (χ4v) is 3.25. The summed E-state index contributed by atoms with van der Waals surface area (Å²) in [6, 6.07) is 14.8. The Bertz CT molecular complexity index is 1160. The Morgan fingerprint density at radius 3 is 2.46 bits per heavy atom. The van der Waals surface area contributed by atoms with E-state index in [-0.39, 0.29) is 5.69 Å². The summed E-state index contributed by atoms with van der Waals surface area (Å²) < 4.78 is 2.83. The first-order chi connectivity index (χ1) is 12.6.